The predicted molar refractivity (Wildman–Crippen MR) is 71.2 cm³/mol. The second kappa shape index (κ2) is 6.38. The van der Waals surface area contributed by atoms with Crippen molar-refractivity contribution in [1.29, 1.82) is 0 Å². The SMILES string of the molecule is CCNC1CCCN(CCc2cccs2)C1. The van der Waals surface area contributed by atoms with E-state index in [1.807, 2.05) is 11.3 Å². The molecule has 2 heterocycles. The first-order chi connectivity index (χ1) is 7.88. The highest BCUT2D eigenvalue weighted by atomic mass is 32.1. The van der Waals surface area contributed by atoms with Crippen LogP contribution in [0.3, 0.4) is 0 Å². The summed E-state index contributed by atoms with van der Waals surface area (Å²) in [4.78, 5) is 4.13. The fourth-order valence-corrected chi connectivity index (χ4v) is 3.14. The second-order valence-electron chi connectivity index (χ2n) is 4.53. The van der Waals surface area contributed by atoms with E-state index in [1.165, 1.54) is 43.8 Å². The highest BCUT2D eigenvalue weighted by Crippen LogP contribution is 2.13. The number of nitrogens with one attached hydrogen (secondary N) is 1. The molecule has 16 heavy (non-hydrogen) atoms. The summed E-state index contributed by atoms with van der Waals surface area (Å²) < 4.78 is 0. The van der Waals surface area contributed by atoms with Gasteiger partial charge in [0.2, 0.25) is 0 Å². The molecule has 0 bridgehead atoms. The molecule has 0 aromatic carbocycles. The number of hydrogen-bond donors (Lipinski definition) is 1. The molecule has 2 nitrogen and oxygen atoms in total. The van der Waals surface area contributed by atoms with Crippen LogP contribution in [0, 0.1) is 0 Å². The van der Waals surface area contributed by atoms with Crippen molar-refractivity contribution in [1.82, 2.24) is 10.2 Å². The Morgan fingerprint density at radius 3 is 3.25 bits per heavy atom. The van der Waals surface area contributed by atoms with E-state index < -0.39 is 0 Å². The number of piperidine rings is 1. The summed E-state index contributed by atoms with van der Waals surface area (Å²) in [6, 6.07) is 5.12. The smallest absolute Gasteiger partial charge is 0.0195 e. The Balaban J connectivity index is 1.72. The Morgan fingerprint density at radius 1 is 1.56 bits per heavy atom. The zero-order chi connectivity index (χ0) is 11.2. The lowest BCUT2D eigenvalue weighted by Crippen LogP contribution is -2.46. The third kappa shape index (κ3) is 3.58. The maximum absolute atomic E-state index is 3.57. The molecule has 0 saturated carbocycles. The highest BCUT2D eigenvalue weighted by molar-refractivity contribution is 7.09. The summed E-state index contributed by atoms with van der Waals surface area (Å²) in [5.41, 5.74) is 0. The lowest BCUT2D eigenvalue weighted by Gasteiger charge is -2.33. The van der Waals surface area contributed by atoms with Crippen LogP contribution < -0.4 is 5.32 Å². The Kier molecular flexibility index (Phi) is 4.82. The summed E-state index contributed by atoms with van der Waals surface area (Å²) in [5, 5.41) is 5.74. The van der Waals surface area contributed by atoms with Crippen molar-refractivity contribution >= 4 is 11.3 Å². The molecule has 1 aromatic rings. The topological polar surface area (TPSA) is 15.3 Å². The fraction of sp³-hybridized carbons (Fsp3) is 0.692. The average molecular weight is 238 g/mol. The molecule has 1 saturated heterocycles. The Morgan fingerprint density at radius 2 is 2.50 bits per heavy atom. The summed E-state index contributed by atoms with van der Waals surface area (Å²) >= 11 is 1.88. The molecule has 1 aliphatic heterocycles. The summed E-state index contributed by atoms with van der Waals surface area (Å²) in [7, 11) is 0. The van der Waals surface area contributed by atoms with Crippen molar-refractivity contribution < 1.29 is 0 Å². The van der Waals surface area contributed by atoms with E-state index in [0.29, 0.717) is 0 Å². The van der Waals surface area contributed by atoms with Gasteiger partial charge in [0.1, 0.15) is 0 Å². The van der Waals surface area contributed by atoms with E-state index in [9.17, 15) is 0 Å². The lowest BCUT2D eigenvalue weighted by molar-refractivity contribution is 0.194. The zero-order valence-corrected chi connectivity index (χ0v) is 10.9. The van der Waals surface area contributed by atoms with Crippen LogP contribution in [0.25, 0.3) is 0 Å². The average Bonchev–Trinajstić information content (AvgIpc) is 2.80. The van der Waals surface area contributed by atoms with Gasteiger partial charge in [-0.25, -0.2) is 0 Å². The molecule has 1 aliphatic rings. The molecule has 2 rings (SSSR count). The van der Waals surface area contributed by atoms with Crippen LogP contribution in [0.1, 0.15) is 24.6 Å². The molecule has 0 spiro atoms. The van der Waals surface area contributed by atoms with Crippen LogP contribution >= 0.6 is 11.3 Å². The van der Waals surface area contributed by atoms with E-state index in [1.54, 1.807) is 0 Å². The minimum Gasteiger partial charge on any atom is -0.313 e. The lowest BCUT2D eigenvalue weighted by atomic mass is 10.1. The van der Waals surface area contributed by atoms with Crippen LogP contribution in [-0.2, 0) is 6.42 Å². The molecule has 0 amide bonds. The molecule has 1 N–H and O–H groups in total. The normalized spacial score (nSPS) is 22.4. The van der Waals surface area contributed by atoms with E-state index in [4.69, 9.17) is 0 Å². The van der Waals surface area contributed by atoms with Crippen molar-refractivity contribution in [2.45, 2.75) is 32.2 Å². The standard InChI is InChI=1S/C13H22N2S/c1-2-14-12-5-3-8-15(11-12)9-7-13-6-4-10-16-13/h4,6,10,12,14H,2-3,5,7-9,11H2,1H3. The van der Waals surface area contributed by atoms with Gasteiger partial charge >= 0.3 is 0 Å². The van der Waals surface area contributed by atoms with Crippen molar-refractivity contribution in [2.75, 3.05) is 26.2 Å². The molecule has 1 fully saturated rings. The van der Waals surface area contributed by atoms with Gasteiger partial charge in [-0.15, -0.1) is 11.3 Å². The molecule has 1 atom stereocenters. The van der Waals surface area contributed by atoms with Crippen LogP contribution in [0.5, 0.6) is 0 Å². The van der Waals surface area contributed by atoms with E-state index in [0.717, 1.165) is 12.6 Å². The van der Waals surface area contributed by atoms with Gasteiger partial charge in [0.25, 0.3) is 0 Å². The molecular weight excluding hydrogens is 216 g/mol. The number of nitrogens with zero attached hydrogens (tertiary/aromatic N) is 1. The van der Waals surface area contributed by atoms with E-state index in [2.05, 4.69) is 34.7 Å². The first-order valence-electron chi connectivity index (χ1n) is 6.36. The molecular formula is C13H22N2S. The largest absolute Gasteiger partial charge is 0.313 e. The quantitative estimate of drug-likeness (QED) is 0.847. The van der Waals surface area contributed by atoms with Gasteiger partial charge in [-0.3, -0.25) is 0 Å². The number of hydrogen-bond acceptors (Lipinski definition) is 3. The maximum Gasteiger partial charge on any atom is 0.0195 e. The van der Waals surface area contributed by atoms with Gasteiger partial charge in [0.05, 0.1) is 0 Å². The van der Waals surface area contributed by atoms with Crippen LogP contribution in [0.2, 0.25) is 0 Å². The number of rotatable bonds is 5. The second-order valence-corrected chi connectivity index (χ2v) is 5.56. The molecule has 1 aromatic heterocycles. The van der Waals surface area contributed by atoms with Gasteiger partial charge in [0.15, 0.2) is 0 Å². The minimum atomic E-state index is 0.724. The first-order valence-corrected chi connectivity index (χ1v) is 7.24. The molecule has 0 radical (unpaired) electrons. The zero-order valence-electron chi connectivity index (χ0n) is 10.1. The van der Waals surface area contributed by atoms with Crippen molar-refractivity contribution in [3.63, 3.8) is 0 Å². The van der Waals surface area contributed by atoms with E-state index >= 15 is 0 Å². The van der Waals surface area contributed by atoms with Crippen molar-refractivity contribution in [3.05, 3.63) is 22.4 Å². The Labute approximate surface area is 103 Å². The van der Waals surface area contributed by atoms with Gasteiger partial charge in [-0.1, -0.05) is 13.0 Å². The number of likely N-dealkylation sites (tertiary alicyclic amines) is 1. The van der Waals surface area contributed by atoms with Crippen LogP contribution in [0.15, 0.2) is 17.5 Å². The summed E-state index contributed by atoms with van der Waals surface area (Å²) in [6.45, 7) is 7.04. The van der Waals surface area contributed by atoms with Crippen LogP contribution in [0.4, 0.5) is 0 Å². The van der Waals surface area contributed by atoms with Gasteiger partial charge in [-0.2, -0.15) is 0 Å². The Hall–Kier alpha value is -0.380. The van der Waals surface area contributed by atoms with Crippen molar-refractivity contribution in [3.8, 4) is 0 Å². The fourth-order valence-electron chi connectivity index (χ4n) is 2.44. The summed E-state index contributed by atoms with van der Waals surface area (Å²) in [5.74, 6) is 0. The van der Waals surface area contributed by atoms with Crippen LogP contribution in [-0.4, -0.2) is 37.1 Å². The summed E-state index contributed by atoms with van der Waals surface area (Å²) in [6.07, 6.45) is 3.92. The Bertz CT molecular complexity index is 282. The monoisotopic (exact) mass is 238 g/mol. The first kappa shape index (κ1) is 12.1. The van der Waals surface area contributed by atoms with Crippen molar-refractivity contribution in [2.24, 2.45) is 0 Å². The third-order valence-electron chi connectivity index (χ3n) is 3.25. The van der Waals surface area contributed by atoms with Gasteiger partial charge in [0, 0.05) is 24.0 Å². The third-order valence-corrected chi connectivity index (χ3v) is 4.19. The molecule has 3 heteroatoms. The van der Waals surface area contributed by atoms with E-state index in [-0.39, 0.29) is 0 Å². The predicted octanol–water partition coefficient (Wildman–Crippen LogP) is 2.36. The number of thiophene rings is 1. The number of likely N-dealkylation sites (N-methyl/N-ethyl adjacent to an activating group) is 1. The van der Waals surface area contributed by atoms with Gasteiger partial charge < -0.3 is 10.2 Å². The highest BCUT2D eigenvalue weighted by Gasteiger charge is 2.18. The maximum atomic E-state index is 3.57. The molecule has 0 aliphatic carbocycles. The minimum absolute atomic E-state index is 0.724. The van der Waals surface area contributed by atoms with Gasteiger partial charge in [-0.05, 0) is 43.8 Å². The molecule has 1 unspecified atom stereocenters. The molecule has 90 valence electrons.